The molecule has 0 unspecified atom stereocenters. The third kappa shape index (κ3) is 3.14. The third-order valence-electron chi connectivity index (χ3n) is 6.94. The van der Waals surface area contributed by atoms with E-state index in [4.69, 9.17) is 0 Å². The highest BCUT2D eigenvalue weighted by molar-refractivity contribution is 6.32. The summed E-state index contributed by atoms with van der Waals surface area (Å²) < 4.78 is 1.67. The number of carbonyl (C=O) groups is 2. The Labute approximate surface area is 188 Å². The second-order valence-electron chi connectivity index (χ2n) is 8.70. The van der Waals surface area contributed by atoms with Gasteiger partial charge in [-0.2, -0.15) is 5.10 Å². The summed E-state index contributed by atoms with van der Waals surface area (Å²) in [6.45, 7) is 5.97. The number of benzene rings is 2. The molecule has 3 aromatic rings. The van der Waals surface area contributed by atoms with Gasteiger partial charge in [0, 0.05) is 62.7 Å². The Kier molecular flexibility index (Phi) is 5.27. The Morgan fingerprint density at radius 1 is 0.875 bits per heavy atom. The predicted octanol–water partition coefficient (Wildman–Crippen LogP) is 3.07. The normalized spacial score (nSPS) is 18.8. The van der Waals surface area contributed by atoms with E-state index < -0.39 is 5.54 Å². The summed E-state index contributed by atoms with van der Waals surface area (Å²) in [5, 5.41) is 4.30. The zero-order chi connectivity index (χ0) is 22.3. The first-order valence-electron chi connectivity index (χ1n) is 11.3. The maximum absolute atomic E-state index is 13.8. The van der Waals surface area contributed by atoms with Crippen molar-refractivity contribution in [2.75, 3.05) is 26.2 Å². The Morgan fingerprint density at radius 3 is 2.03 bits per heavy atom. The number of aromatic nitrogens is 2. The fourth-order valence-electron chi connectivity index (χ4n) is 5.25. The van der Waals surface area contributed by atoms with Gasteiger partial charge in [0.2, 0.25) is 0 Å². The monoisotopic (exact) mass is 428 g/mol. The molecule has 0 amide bonds. The molecule has 6 nitrogen and oxygen atoms in total. The largest absolute Gasteiger partial charge is 0.297 e. The van der Waals surface area contributed by atoms with Gasteiger partial charge >= 0.3 is 0 Å². The molecule has 1 saturated heterocycles. The van der Waals surface area contributed by atoms with Crippen LogP contribution in [0.5, 0.6) is 0 Å². The summed E-state index contributed by atoms with van der Waals surface area (Å²) in [7, 11) is 1.82. The van der Waals surface area contributed by atoms with Crippen LogP contribution in [0.4, 0.5) is 0 Å². The summed E-state index contributed by atoms with van der Waals surface area (Å²) in [6, 6.07) is 15.8. The third-order valence-corrected chi connectivity index (χ3v) is 6.94. The van der Waals surface area contributed by atoms with Crippen LogP contribution >= 0.6 is 0 Å². The number of piperazine rings is 1. The van der Waals surface area contributed by atoms with Crippen LogP contribution in [-0.2, 0) is 25.6 Å². The molecule has 0 atom stereocenters. The van der Waals surface area contributed by atoms with Crippen molar-refractivity contribution in [3.8, 4) is 0 Å². The highest BCUT2D eigenvalue weighted by Gasteiger charge is 2.58. The quantitative estimate of drug-likeness (QED) is 0.585. The second kappa shape index (κ2) is 8.11. The average molecular weight is 429 g/mol. The molecule has 1 aliphatic heterocycles. The molecule has 32 heavy (non-hydrogen) atoms. The fourth-order valence-corrected chi connectivity index (χ4v) is 5.25. The van der Waals surface area contributed by atoms with Gasteiger partial charge < -0.3 is 0 Å². The molecule has 5 rings (SSSR count). The van der Waals surface area contributed by atoms with Crippen molar-refractivity contribution in [1.82, 2.24) is 19.6 Å². The van der Waals surface area contributed by atoms with E-state index >= 15 is 0 Å². The lowest BCUT2D eigenvalue weighted by atomic mass is 9.84. The number of aryl methyl sites for hydroxylation is 2. The molecule has 0 saturated carbocycles. The smallest absolute Gasteiger partial charge is 0.196 e. The zero-order valence-corrected chi connectivity index (χ0v) is 18.6. The van der Waals surface area contributed by atoms with Crippen LogP contribution in [0.1, 0.15) is 44.3 Å². The van der Waals surface area contributed by atoms with Gasteiger partial charge in [0.25, 0.3) is 0 Å². The topological polar surface area (TPSA) is 58.4 Å². The number of hydrogen-bond donors (Lipinski definition) is 0. The highest BCUT2D eigenvalue weighted by Crippen LogP contribution is 2.42. The molecule has 0 radical (unpaired) electrons. The first-order chi connectivity index (χ1) is 15.6. The van der Waals surface area contributed by atoms with Crippen LogP contribution in [0, 0.1) is 0 Å². The fraction of sp³-hybridized carbons (Fsp3) is 0.346. The van der Waals surface area contributed by atoms with E-state index in [2.05, 4.69) is 46.1 Å². The van der Waals surface area contributed by atoms with Crippen molar-refractivity contribution in [2.45, 2.75) is 25.4 Å². The second-order valence-corrected chi connectivity index (χ2v) is 8.70. The standard InChI is InChI=1S/C26H28N4O2/c1-3-19-8-4-5-9-20(19)17-29-12-14-30(15-13-29)26(21-16-27-28(2)18-21)24(31)22-10-6-7-11-23(22)25(26)32/h4-11,16,18H,3,12-15,17H2,1-2H3. The van der Waals surface area contributed by atoms with Gasteiger partial charge in [-0.25, -0.2) is 0 Å². The molecule has 0 bridgehead atoms. The number of fused-ring (bicyclic) bond motifs is 1. The molecule has 2 aromatic carbocycles. The van der Waals surface area contributed by atoms with E-state index in [9.17, 15) is 9.59 Å². The van der Waals surface area contributed by atoms with E-state index in [1.807, 2.05) is 25.4 Å². The predicted molar refractivity (Wildman–Crippen MR) is 123 cm³/mol. The van der Waals surface area contributed by atoms with Crippen LogP contribution in [0.3, 0.4) is 0 Å². The molecular formula is C26H28N4O2. The summed E-state index contributed by atoms with van der Waals surface area (Å²) in [5.41, 5.74) is 3.10. The van der Waals surface area contributed by atoms with Crippen LogP contribution in [0.2, 0.25) is 0 Å². The average Bonchev–Trinajstić information content (AvgIpc) is 3.35. The van der Waals surface area contributed by atoms with E-state index in [0.717, 1.165) is 26.1 Å². The molecular weight excluding hydrogens is 400 g/mol. The lowest BCUT2D eigenvalue weighted by molar-refractivity contribution is 0.0278. The summed E-state index contributed by atoms with van der Waals surface area (Å²) >= 11 is 0. The number of ketones is 2. The molecule has 2 heterocycles. The highest BCUT2D eigenvalue weighted by atomic mass is 16.2. The van der Waals surface area contributed by atoms with E-state index in [1.165, 1.54) is 11.1 Å². The van der Waals surface area contributed by atoms with Gasteiger partial charge in [0.1, 0.15) is 0 Å². The molecule has 2 aliphatic rings. The van der Waals surface area contributed by atoms with Gasteiger partial charge in [-0.3, -0.25) is 24.1 Å². The Morgan fingerprint density at radius 2 is 1.47 bits per heavy atom. The summed E-state index contributed by atoms with van der Waals surface area (Å²) in [6.07, 6.45) is 4.50. The van der Waals surface area contributed by atoms with Crippen LogP contribution < -0.4 is 0 Å². The number of rotatable bonds is 5. The van der Waals surface area contributed by atoms with Crippen molar-refractivity contribution in [2.24, 2.45) is 7.05 Å². The van der Waals surface area contributed by atoms with Gasteiger partial charge in [0.05, 0.1) is 6.20 Å². The van der Waals surface area contributed by atoms with Crippen molar-refractivity contribution in [1.29, 1.82) is 0 Å². The SMILES string of the molecule is CCc1ccccc1CN1CCN(C2(c3cnn(C)c3)C(=O)c3ccccc3C2=O)CC1. The van der Waals surface area contributed by atoms with E-state index in [1.54, 1.807) is 23.0 Å². The summed E-state index contributed by atoms with van der Waals surface area (Å²) in [4.78, 5) is 32.1. The van der Waals surface area contributed by atoms with E-state index in [-0.39, 0.29) is 11.6 Å². The number of hydrogen-bond acceptors (Lipinski definition) is 5. The maximum atomic E-state index is 13.8. The van der Waals surface area contributed by atoms with Crippen molar-refractivity contribution >= 4 is 11.6 Å². The maximum Gasteiger partial charge on any atom is 0.196 e. The minimum absolute atomic E-state index is 0.129. The first kappa shape index (κ1) is 20.8. The molecule has 0 N–H and O–H groups in total. The lowest BCUT2D eigenvalue weighted by Crippen LogP contribution is -2.60. The molecule has 164 valence electrons. The Bertz CT molecular complexity index is 1140. The number of carbonyl (C=O) groups excluding carboxylic acids is 2. The van der Waals surface area contributed by atoms with Crippen molar-refractivity contribution < 1.29 is 9.59 Å². The summed E-state index contributed by atoms with van der Waals surface area (Å²) in [5.74, 6) is -0.258. The van der Waals surface area contributed by atoms with Crippen LogP contribution in [0.25, 0.3) is 0 Å². The number of Topliss-reactive ketones (excluding diaryl/α,β-unsaturated/α-hetero) is 2. The van der Waals surface area contributed by atoms with Gasteiger partial charge in [0.15, 0.2) is 17.1 Å². The molecule has 6 heteroatoms. The Balaban J connectivity index is 1.44. The van der Waals surface area contributed by atoms with Gasteiger partial charge in [-0.15, -0.1) is 0 Å². The minimum atomic E-state index is -1.31. The molecule has 1 aliphatic carbocycles. The number of nitrogens with zero attached hydrogens (tertiary/aromatic N) is 4. The van der Waals surface area contributed by atoms with Gasteiger partial charge in [-0.05, 0) is 17.5 Å². The zero-order valence-electron chi connectivity index (χ0n) is 18.6. The van der Waals surface area contributed by atoms with Crippen molar-refractivity contribution in [3.05, 3.63) is 88.7 Å². The molecule has 1 fully saturated rings. The molecule has 0 spiro atoms. The first-order valence-corrected chi connectivity index (χ1v) is 11.3. The Hall–Kier alpha value is -3.09. The lowest BCUT2D eigenvalue weighted by Gasteiger charge is -2.43. The van der Waals surface area contributed by atoms with E-state index in [0.29, 0.717) is 29.8 Å². The molecule has 1 aromatic heterocycles. The minimum Gasteiger partial charge on any atom is -0.297 e. The van der Waals surface area contributed by atoms with Gasteiger partial charge in [-0.1, -0.05) is 55.5 Å². The van der Waals surface area contributed by atoms with Crippen molar-refractivity contribution in [3.63, 3.8) is 0 Å². The van der Waals surface area contributed by atoms with Crippen LogP contribution in [0.15, 0.2) is 60.9 Å². The van der Waals surface area contributed by atoms with Crippen LogP contribution in [-0.4, -0.2) is 57.3 Å².